The van der Waals surface area contributed by atoms with Gasteiger partial charge < -0.3 is 4.74 Å². The predicted octanol–water partition coefficient (Wildman–Crippen LogP) is 4.50. The normalized spacial score (nSPS) is 10.9. The molecule has 4 rings (SSSR count). The SMILES string of the molecule is CCOC(=O)Cc1ccc(-n2cnc3cc(-c4cccc(C)n4)ccc32)cc1. The summed E-state index contributed by atoms with van der Waals surface area (Å²) in [5.74, 6) is -0.208. The summed E-state index contributed by atoms with van der Waals surface area (Å²) in [7, 11) is 0. The Kier molecular flexibility index (Phi) is 4.89. The zero-order valence-corrected chi connectivity index (χ0v) is 15.9. The van der Waals surface area contributed by atoms with E-state index in [4.69, 9.17) is 4.74 Å². The van der Waals surface area contributed by atoms with Crippen LogP contribution in [0.5, 0.6) is 0 Å². The van der Waals surface area contributed by atoms with E-state index in [2.05, 4.69) is 28.2 Å². The fourth-order valence-electron chi connectivity index (χ4n) is 3.23. The van der Waals surface area contributed by atoms with Crippen LogP contribution in [0.3, 0.4) is 0 Å². The van der Waals surface area contributed by atoms with Gasteiger partial charge in [-0.1, -0.05) is 24.3 Å². The van der Waals surface area contributed by atoms with Crippen molar-refractivity contribution in [2.45, 2.75) is 20.3 Å². The lowest BCUT2D eigenvalue weighted by Gasteiger charge is -2.07. The molecule has 2 heterocycles. The summed E-state index contributed by atoms with van der Waals surface area (Å²) in [5.41, 5.74) is 6.85. The lowest BCUT2D eigenvalue weighted by molar-refractivity contribution is -0.142. The highest BCUT2D eigenvalue weighted by molar-refractivity contribution is 5.82. The molecule has 0 spiro atoms. The molecule has 0 aliphatic heterocycles. The molecule has 140 valence electrons. The molecule has 2 aromatic carbocycles. The number of hydrogen-bond donors (Lipinski definition) is 0. The Hall–Kier alpha value is -3.47. The third-order valence-corrected chi connectivity index (χ3v) is 4.60. The van der Waals surface area contributed by atoms with Crippen LogP contribution in [0, 0.1) is 6.92 Å². The second-order valence-electron chi connectivity index (χ2n) is 6.63. The Morgan fingerprint density at radius 2 is 1.89 bits per heavy atom. The van der Waals surface area contributed by atoms with Crippen LogP contribution in [0.15, 0.2) is 67.0 Å². The third kappa shape index (κ3) is 3.64. The number of benzene rings is 2. The molecule has 0 atom stereocenters. The maximum absolute atomic E-state index is 11.6. The van der Waals surface area contributed by atoms with Gasteiger partial charge in [-0.25, -0.2) is 4.98 Å². The van der Waals surface area contributed by atoms with Gasteiger partial charge in [-0.3, -0.25) is 14.3 Å². The minimum atomic E-state index is -0.208. The number of imidazole rings is 1. The zero-order valence-electron chi connectivity index (χ0n) is 15.9. The zero-order chi connectivity index (χ0) is 19.5. The molecule has 0 amide bonds. The molecule has 0 saturated heterocycles. The van der Waals surface area contributed by atoms with E-state index in [0.717, 1.165) is 39.2 Å². The Morgan fingerprint density at radius 3 is 2.64 bits per heavy atom. The van der Waals surface area contributed by atoms with Gasteiger partial charge in [0.25, 0.3) is 0 Å². The molecule has 0 fully saturated rings. The van der Waals surface area contributed by atoms with Crippen molar-refractivity contribution in [3.8, 4) is 16.9 Å². The van der Waals surface area contributed by atoms with Gasteiger partial charge in [-0.15, -0.1) is 0 Å². The number of hydrogen-bond acceptors (Lipinski definition) is 4. The first-order valence-corrected chi connectivity index (χ1v) is 9.30. The van der Waals surface area contributed by atoms with Crippen molar-refractivity contribution in [2.75, 3.05) is 6.61 Å². The van der Waals surface area contributed by atoms with Crippen LogP contribution in [0.4, 0.5) is 0 Å². The first-order valence-electron chi connectivity index (χ1n) is 9.30. The van der Waals surface area contributed by atoms with E-state index in [-0.39, 0.29) is 12.4 Å². The second kappa shape index (κ2) is 7.64. The number of nitrogens with zero attached hydrogens (tertiary/aromatic N) is 3. The number of carbonyl (C=O) groups is 1. The molecule has 2 aromatic heterocycles. The molecular weight excluding hydrogens is 350 g/mol. The van der Waals surface area contributed by atoms with E-state index in [9.17, 15) is 4.79 Å². The minimum absolute atomic E-state index is 0.208. The number of aromatic nitrogens is 3. The van der Waals surface area contributed by atoms with E-state index in [0.29, 0.717) is 6.61 Å². The number of carbonyl (C=O) groups excluding carboxylic acids is 1. The molecule has 5 heteroatoms. The van der Waals surface area contributed by atoms with Gasteiger partial charge in [0.05, 0.1) is 29.8 Å². The first kappa shape index (κ1) is 17.9. The Balaban J connectivity index is 1.62. The van der Waals surface area contributed by atoms with Crippen molar-refractivity contribution in [3.63, 3.8) is 0 Å². The number of pyridine rings is 1. The number of aryl methyl sites for hydroxylation is 1. The van der Waals surface area contributed by atoms with Crippen LogP contribution in [0.1, 0.15) is 18.2 Å². The Bertz CT molecular complexity index is 1130. The van der Waals surface area contributed by atoms with Gasteiger partial charge in [0.1, 0.15) is 6.33 Å². The summed E-state index contributed by atoms with van der Waals surface area (Å²) >= 11 is 0. The summed E-state index contributed by atoms with van der Waals surface area (Å²) in [6.07, 6.45) is 2.10. The van der Waals surface area contributed by atoms with Crippen LogP contribution in [-0.2, 0) is 16.0 Å². The Morgan fingerprint density at radius 1 is 1.07 bits per heavy atom. The molecule has 28 heavy (non-hydrogen) atoms. The van der Waals surface area contributed by atoms with E-state index in [1.54, 1.807) is 0 Å². The van der Waals surface area contributed by atoms with Gasteiger partial charge in [0.2, 0.25) is 0 Å². The van der Waals surface area contributed by atoms with Gasteiger partial charge in [0.15, 0.2) is 0 Å². The highest BCUT2D eigenvalue weighted by atomic mass is 16.5. The number of ether oxygens (including phenoxy) is 1. The van der Waals surface area contributed by atoms with Crippen molar-refractivity contribution in [3.05, 3.63) is 78.2 Å². The van der Waals surface area contributed by atoms with Crippen LogP contribution in [0.25, 0.3) is 28.0 Å². The Labute approximate surface area is 163 Å². The van der Waals surface area contributed by atoms with Gasteiger partial charge in [-0.2, -0.15) is 0 Å². The smallest absolute Gasteiger partial charge is 0.310 e. The third-order valence-electron chi connectivity index (χ3n) is 4.60. The quantitative estimate of drug-likeness (QED) is 0.485. The summed E-state index contributed by atoms with van der Waals surface area (Å²) < 4.78 is 7.04. The van der Waals surface area contributed by atoms with Gasteiger partial charge in [-0.05, 0) is 55.8 Å². The molecule has 0 N–H and O–H groups in total. The molecule has 0 unspecified atom stereocenters. The van der Waals surface area contributed by atoms with E-state index in [1.165, 1.54) is 0 Å². The van der Waals surface area contributed by atoms with Crippen LogP contribution >= 0.6 is 0 Å². The van der Waals surface area contributed by atoms with Gasteiger partial charge in [0, 0.05) is 16.9 Å². The number of fused-ring (bicyclic) bond motifs is 1. The lowest BCUT2D eigenvalue weighted by Crippen LogP contribution is -2.07. The lowest BCUT2D eigenvalue weighted by atomic mass is 10.1. The van der Waals surface area contributed by atoms with Crippen molar-refractivity contribution in [1.82, 2.24) is 14.5 Å². The fraction of sp³-hybridized carbons (Fsp3) is 0.174. The predicted molar refractivity (Wildman–Crippen MR) is 109 cm³/mol. The summed E-state index contributed by atoms with van der Waals surface area (Å²) in [5, 5.41) is 0. The molecular formula is C23H21N3O2. The van der Waals surface area contributed by atoms with E-state index in [1.807, 2.05) is 67.2 Å². The van der Waals surface area contributed by atoms with Crippen molar-refractivity contribution in [2.24, 2.45) is 0 Å². The maximum atomic E-state index is 11.6. The fourth-order valence-corrected chi connectivity index (χ4v) is 3.23. The van der Waals surface area contributed by atoms with Crippen LogP contribution in [-0.4, -0.2) is 27.1 Å². The molecule has 0 saturated carbocycles. The van der Waals surface area contributed by atoms with Crippen molar-refractivity contribution < 1.29 is 9.53 Å². The number of rotatable bonds is 5. The van der Waals surface area contributed by atoms with Crippen molar-refractivity contribution >= 4 is 17.0 Å². The topological polar surface area (TPSA) is 57.0 Å². The highest BCUT2D eigenvalue weighted by Gasteiger charge is 2.09. The molecule has 0 bridgehead atoms. The summed E-state index contributed by atoms with van der Waals surface area (Å²) in [6.45, 7) is 4.20. The molecule has 4 aromatic rings. The average Bonchev–Trinajstić information content (AvgIpc) is 3.12. The highest BCUT2D eigenvalue weighted by Crippen LogP contribution is 2.25. The molecule has 0 aliphatic carbocycles. The molecule has 0 radical (unpaired) electrons. The van der Waals surface area contributed by atoms with Crippen molar-refractivity contribution in [1.29, 1.82) is 0 Å². The summed E-state index contributed by atoms with van der Waals surface area (Å²) in [4.78, 5) is 20.8. The standard InChI is InChI=1S/C23H21N3O2/c1-3-28-23(27)13-17-7-10-19(11-8-17)26-15-24-21-14-18(9-12-22(21)26)20-6-4-5-16(2)25-20/h4-12,14-15H,3,13H2,1-2H3. The van der Waals surface area contributed by atoms with Crippen LogP contribution in [0.2, 0.25) is 0 Å². The van der Waals surface area contributed by atoms with E-state index >= 15 is 0 Å². The van der Waals surface area contributed by atoms with E-state index < -0.39 is 0 Å². The molecule has 0 aliphatic rings. The second-order valence-corrected chi connectivity index (χ2v) is 6.63. The minimum Gasteiger partial charge on any atom is -0.466 e. The summed E-state index contributed by atoms with van der Waals surface area (Å²) in [6, 6.07) is 20.1. The molecule has 5 nitrogen and oxygen atoms in total. The average molecular weight is 371 g/mol. The van der Waals surface area contributed by atoms with Crippen LogP contribution < -0.4 is 0 Å². The number of esters is 1. The maximum Gasteiger partial charge on any atom is 0.310 e. The largest absolute Gasteiger partial charge is 0.466 e. The monoisotopic (exact) mass is 371 g/mol. The first-order chi connectivity index (χ1) is 13.6. The van der Waals surface area contributed by atoms with Gasteiger partial charge >= 0.3 is 5.97 Å².